The zero-order valence-electron chi connectivity index (χ0n) is 18.4. The van der Waals surface area contributed by atoms with Gasteiger partial charge in [-0.3, -0.25) is 9.59 Å². The lowest BCUT2D eigenvalue weighted by Crippen LogP contribution is -3.13. The largest absolute Gasteiger partial charge is 0.459 e. The summed E-state index contributed by atoms with van der Waals surface area (Å²) in [6.07, 6.45) is 5.88. The first-order chi connectivity index (χ1) is 16.1. The van der Waals surface area contributed by atoms with Crippen molar-refractivity contribution in [3.63, 3.8) is 0 Å². The molecule has 1 aliphatic heterocycles. The summed E-state index contributed by atoms with van der Waals surface area (Å²) >= 11 is 1.64. The van der Waals surface area contributed by atoms with Gasteiger partial charge >= 0.3 is 0 Å². The van der Waals surface area contributed by atoms with E-state index in [-0.39, 0.29) is 11.5 Å². The van der Waals surface area contributed by atoms with Crippen molar-refractivity contribution in [3.8, 4) is 0 Å². The molecule has 5 rings (SSSR count). The third-order valence-corrected chi connectivity index (χ3v) is 7.79. The quantitative estimate of drug-likeness (QED) is 0.605. The number of benzene rings is 1. The molecule has 0 atom stereocenters. The SMILES string of the molecule is O=C(Nc1sc2c(c1C[NH+]1CCN(C(=O)c3ccco3)CC1)CCCC2)c1ccccc1F. The molecular formula is C25H27FN3O3S+. The molecule has 6 nitrogen and oxygen atoms in total. The van der Waals surface area contributed by atoms with Crippen molar-refractivity contribution in [3.05, 3.63) is 75.8 Å². The Morgan fingerprint density at radius 2 is 1.88 bits per heavy atom. The van der Waals surface area contributed by atoms with E-state index in [0.717, 1.165) is 50.3 Å². The van der Waals surface area contributed by atoms with Crippen LogP contribution in [0, 0.1) is 5.82 Å². The lowest BCUT2D eigenvalue weighted by atomic mass is 9.95. The number of hydrogen-bond acceptors (Lipinski definition) is 4. The summed E-state index contributed by atoms with van der Waals surface area (Å²) in [5.41, 5.74) is 2.60. The number of aryl methyl sites for hydroxylation is 1. The molecule has 2 aromatic heterocycles. The van der Waals surface area contributed by atoms with Gasteiger partial charge in [-0.15, -0.1) is 11.3 Å². The van der Waals surface area contributed by atoms with Crippen molar-refractivity contribution >= 4 is 28.2 Å². The standard InChI is InChI=1S/C25H26FN3O3S/c26-20-8-3-1-7-18(20)23(30)27-24-19(17-6-2-4-10-22(17)33-24)16-28-11-13-29(14-12-28)25(31)21-9-5-15-32-21/h1,3,5,7-9,15H,2,4,6,10-14,16H2,(H,27,30)/p+1. The summed E-state index contributed by atoms with van der Waals surface area (Å²) in [6.45, 7) is 3.78. The lowest BCUT2D eigenvalue weighted by molar-refractivity contribution is -0.917. The number of thiophene rings is 1. The van der Waals surface area contributed by atoms with Crippen molar-refractivity contribution in [1.82, 2.24) is 4.90 Å². The summed E-state index contributed by atoms with van der Waals surface area (Å²) in [5, 5.41) is 3.85. The highest BCUT2D eigenvalue weighted by Crippen LogP contribution is 2.38. The third kappa shape index (κ3) is 4.58. The fourth-order valence-electron chi connectivity index (χ4n) is 4.74. The Labute approximate surface area is 196 Å². The van der Waals surface area contributed by atoms with E-state index in [2.05, 4.69) is 5.32 Å². The number of nitrogens with one attached hydrogen (secondary N) is 2. The third-order valence-electron chi connectivity index (χ3n) is 6.54. The molecule has 172 valence electrons. The first-order valence-corrected chi connectivity index (χ1v) is 12.3. The Kier molecular flexibility index (Phi) is 6.28. The minimum absolute atomic E-state index is 0.0622. The van der Waals surface area contributed by atoms with Crippen LogP contribution in [0.3, 0.4) is 0 Å². The Bertz CT molecular complexity index is 1150. The first-order valence-electron chi connectivity index (χ1n) is 11.5. The predicted octanol–water partition coefficient (Wildman–Crippen LogP) is 3.15. The van der Waals surface area contributed by atoms with Crippen LogP contribution in [0.5, 0.6) is 0 Å². The zero-order chi connectivity index (χ0) is 22.8. The summed E-state index contributed by atoms with van der Waals surface area (Å²) in [5.74, 6) is -0.606. The van der Waals surface area contributed by atoms with Crippen LogP contribution in [0.25, 0.3) is 0 Å². The maximum atomic E-state index is 14.1. The predicted molar refractivity (Wildman–Crippen MR) is 124 cm³/mol. The van der Waals surface area contributed by atoms with Crippen molar-refractivity contribution in [2.24, 2.45) is 0 Å². The normalized spacial score (nSPS) is 16.5. The fraction of sp³-hybridized carbons (Fsp3) is 0.360. The molecule has 1 fully saturated rings. The molecular weight excluding hydrogens is 441 g/mol. The van der Waals surface area contributed by atoms with Gasteiger partial charge < -0.3 is 19.5 Å². The maximum absolute atomic E-state index is 14.1. The lowest BCUT2D eigenvalue weighted by Gasteiger charge is -2.32. The molecule has 0 bridgehead atoms. The van der Waals surface area contributed by atoms with E-state index in [1.807, 2.05) is 4.90 Å². The highest BCUT2D eigenvalue weighted by Gasteiger charge is 2.29. The number of rotatable bonds is 5. The van der Waals surface area contributed by atoms with Crippen molar-refractivity contribution in [2.45, 2.75) is 32.2 Å². The van der Waals surface area contributed by atoms with Crippen LogP contribution in [0.1, 0.15) is 49.8 Å². The van der Waals surface area contributed by atoms with Crippen LogP contribution in [0.15, 0.2) is 47.1 Å². The van der Waals surface area contributed by atoms with E-state index >= 15 is 0 Å². The van der Waals surface area contributed by atoms with Gasteiger partial charge in [0.15, 0.2) is 5.76 Å². The van der Waals surface area contributed by atoms with Crippen LogP contribution >= 0.6 is 11.3 Å². The molecule has 3 aromatic rings. The summed E-state index contributed by atoms with van der Waals surface area (Å²) < 4.78 is 19.4. The molecule has 2 amide bonds. The number of fused-ring (bicyclic) bond motifs is 1. The molecule has 1 aromatic carbocycles. The van der Waals surface area contributed by atoms with Crippen LogP contribution in [-0.2, 0) is 19.4 Å². The number of halogens is 1. The maximum Gasteiger partial charge on any atom is 0.289 e. The van der Waals surface area contributed by atoms with E-state index in [4.69, 9.17) is 4.42 Å². The second-order valence-corrected chi connectivity index (χ2v) is 9.75. The number of nitrogens with zero attached hydrogens (tertiary/aromatic N) is 1. The van der Waals surface area contributed by atoms with E-state index in [1.165, 1.54) is 39.3 Å². The second-order valence-electron chi connectivity index (χ2n) is 8.65. The molecule has 33 heavy (non-hydrogen) atoms. The van der Waals surface area contributed by atoms with E-state index in [9.17, 15) is 14.0 Å². The Balaban J connectivity index is 1.31. The highest BCUT2D eigenvalue weighted by molar-refractivity contribution is 7.16. The van der Waals surface area contributed by atoms with Crippen molar-refractivity contribution in [2.75, 3.05) is 31.5 Å². The number of quaternary nitrogens is 1. The Morgan fingerprint density at radius 1 is 1.09 bits per heavy atom. The highest BCUT2D eigenvalue weighted by atomic mass is 32.1. The number of anilines is 1. The number of piperazine rings is 1. The number of carbonyl (C=O) groups is 2. The van der Waals surface area contributed by atoms with Gasteiger partial charge in [0, 0.05) is 10.4 Å². The van der Waals surface area contributed by atoms with Gasteiger partial charge in [-0.05, 0) is 55.5 Å². The van der Waals surface area contributed by atoms with Crippen molar-refractivity contribution < 1.29 is 23.3 Å². The molecule has 3 heterocycles. The number of carbonyl (C=O) groups excluding carboxylic acids is 2. The van der Waals surface area contributed by atoms with Gasteiger partial charge in [0.05, 0.1) is 38.0 Å². The molecule has 0 spiro atoms. The average molecular weight is 469 g/mol. The van der Waals surface area contributed by atoms with Crippen LogP contribution < -0.4 is 10.2 Å². The van der Waals surface area contributed by atoms with Gasteiger partial charge in [-0.2, -0.15) is 0 Å². The van der Waals surface area contributed by atoms with Gasteiger partial charge in [0.2, 0.25) is 0 Å². The summed E-state index contributed by atoms with van der Waals surface area (Å²) in [4.78, 5) is 29.9. The molecule has 0 radical (unpaired) electrons. The summed E-state index contributed by atoms with van der Waals surface area (Å²) in [7, 11) is 0. The number of hydrogen-bond donors (Lipinski definition) is 2. The first kappa shape index (κ1) is 21.9. The van der Waals surface area contributed by atoms with E-state index in [0.29, 0.717) is 18.8 Å². The molecule has 2 N–H and O–H groups in total. The minimum Gasteiger partial charge on any atom is -0.459 e. The second kappa shape index (κ2) is 9.49. The average Bonchev–Trinajstić information content (AvgIpc) is 3.48. The van der Waals surface area contributed by atoms with E-state index in [1.54, 1.807) is 35.6 Å². The van der Waals surface area contributed by atoms with Gasteiger partial charge in [-0.1, -0.05) is 12.1 Å². The van der Waals surface area contributed by atoms with Gasteiger partial charge in [-0.25, -0.2) is 4.39 Å². The summed E-state index contributed by atoms with van der Waals surface area (Å²) in [6, 6.07) is 9.50. The minimum atomic E-state index is -0.513. The molecule has 8 heteroatoms. The fourth-order valence-corrected chi connectivity index (χ4v) is 6.05. The van der Waals surface area contributed by atoms with E-state index < -0.39 is 11.7 Å². The molecule has 2 aliphatic rings. The molecule has 0 unspecified atom stereocenters. The zero-order valence-corrected chi connectivity index (χ0v) is 19.2. The van der Waals surface area contributed by atoms with Crippen LogP contribution in [0.4, 0.5) is 9.39 Å². The molecule has 1 aliphatic carbocycles. The van der Waals surface area contributed by atoms with Gasteiger partial charge in [0.1, 0.15) is 17.4 Å². The van der Waals surface area contributed by atoms with Gasteiger partial charge in [0.25, 0.3) is 11.8 Å². The Hall–Kier alpha value is -2.97. The smallest absolute Gasteiger partial charge is 0.289 e. The van der Waals surface area contributed by atoms with Crippen molar-refractivity contribution in [1.29, 1.82) is 0 Å². The monoisotopic (exact) mass is 468 g/mol. The molecule has 0 saturated carbocycles. The molecule has 1 saturated heterocycles. The number of amides is 2. The topological polar surface area (TPSA) is 67.0 Å². The Morgan fingerprint density at radius 3 is 2.64 bits per heavy atom. The van der Waals surface area contributed by atoms with Crippen LogP contribution in [-0.4, -0.2) is 42.9 Å². The van der Waals surface area contributed by atoms with Crippen LogP contribution in [0.2, 0.25) is 0 Å². The number of furan rings is 1.